The Labute approximate surface area is 102 Å². The Morgan fingerprint density at radius 2 is 1.76 bits per heavy atom. The molecule has 0 bridgehead atoms. The minimum Gasteiger partial charge on any atom is -0.311 e. The van der Waals surface area contributed by atoms with E-state index in [2.05, 4.69) is 9.97 Å². The van der Waals surface area contributed by atoms with Gasteiger partial charge in [-0.15, -0.1) is 0 Å². The molecule has 5 heteroatoms. The predicted octanol–water partition coefficient (Wildman–Crippen LogP) is 1.62. The molecule has 17 heavy (non-hydrogen) atoms. The molecule has 1 aromatic heterocycles. The number of hydrogen-bond acceptors (Lipinski definition) is 2. The maximum atomic E-state index is 11.6. The minimum absolute atomic E-state index is 0.346. The highest BCUT2D eigenvalue weighted by Gasteiger charge is 2.06. The third kappa shape index (κ3) is 2.65. The second-order valence-corrected chi connectivity index (χ2v) is 4.25. The van der Waals surface area contributed by atoms with E-state index in [1.807, 2.05) is 12.1 Å². The molecule has 0 radical (unpaired) electrons. The molecular weight excluding hydrogens is 240 g/mol. The molecule has 0 spiro atoms. The Hall–Kier alpha value is -1.81. The minimum atomic E-state index is -0.479. The molecule has 0 saturated carbocycles. The number of hydrogen-bond donors (Lipinski definition) is 2. The third-order valence-electron chi connectivity index (χ3n) is 2.55. The summed E-state index contributed by atoms with van der Waals surface area (Å²) in [5, 5.41) is 0.654. The van der Waals surface area contributed by atoms with Crippen molar-refractivity contribution in [3.63, 3.8) is 0 Å². The molecule has 0 amide bonds. The quantitative estimate of drug-likeness (QED) is 0.851. The zero-order valence-electron chi connectivity index (χ0n) is 9.21. The Kier molecular flexibility index (Phi) is 3.15. The maximum Gasteiger partial charge on any atom is 0.325 e. The Balaban J connectivity index is 2.40. The summed E-state index contributed by atoms with van der Waals surface area (Å²) in [5.41, 5.74) is 1.30. The summed E-state index contributed by atoms with van der Waals surface area (Å²) >= 11 is 5.78. The van der Waals surface area contributed by atoms with Gasteiger partial charge < -0.3 is 4.98 Å². The largest absolute Gasteiger partial charge is 0.325 e. The van der Waals surface area contributed by atoms with Gasteiger partial charge in [0.05, 0.1) is 0 Å². The van der Waals surface area contributed by atoms with Crippen LogP contribution in [0.1, 0.15) is 16.8 Å². The normalized spacial score (nSPS) is 10.5. The second-order valence-electron chi connectivity index (χ2n) is 3.82. The molecule has 2 N–H and O–H groups in total. The van der Waals surface area contributed by atoms with Crippen LogP contribution in [0, 0.1) is 6.92 Å². The van der Waals surface area contributed by atoms with Gasteiger partial charge in [-0.2, -0.15) is 0 Å². The van der Waals surface area contributed by atoms with Crippen LogP contribution in [0.2, 0.25) is 5.02 Å². The van der Waals surface area contributed by atoms with E-state index in [1.165, 1.54) is 0 Å². The van der Waals surface area contributed by atoms with E-state index in [-0.39, 0.29) is 5.56 Å². The first kappa shape index (κ1) is 11.7. The van der Waals surface area contributed by atoms with Crippen LogP contribution < -0.4 is 11.2 Å². The van der Waals surface area contributed by atoms with E-state index >= 15 is 0 Å². The van der Waals surface area contributed by atoms with E-state index in [1.54, 1.807) is 19.1 Å². The van der Waals surface area contributed by atoms with Gasteiger partial charge in [-0.3, -0.25) is 9.78 Å². The Bertz CT molecular complexity index is 641. The van der Waals surface area contributed by atoms with Crippen LogP contribution in [0.5, 0.6) is 0 Å². The summed E-state index contributed by atoms with van der Waals surface area (Å²) in [7, 11) is 0. The molecule has 2 rings (SSSR count). The van der Waals surface area contributed by atoms with Crippen molar-refractivity contribution < 1.29 is 0 Å². The summed E-state index contributed by atoms with van der Waals surface area (Å²) in [6.45, 7) is 1.71. The fraction of sp³-hybridized carbons (Fsp3) is 0.167. The van der Waals surface area contributed by atoms with Crippen LogP contribution in [0.25, 0.3) is 0 Å². The lowest BCUT2D eigenvalue weighted by molar-refractivity contribution is 0.934. The van der Waals surface area contributed by atoms with Crippen molar-refractivity contribution in [3.8, 4) is 0 Å². The van der Waals surface area contributed by atoms with Crippen LogP contribution in [-0.2, 0) is 6.42 Å². The lowest BCUT2D eigenvalue weighted by Crippen LogP contribution is -2.27. The van der Waals surface area contributed by atoms with E-state index < -0.39 is 5.69 Å². The van der Waals surface area contributed by atoms with E-state index in [0.29, 0.717) is 22.7 Å². The standard InChI is InChI=1S/C12H11ClN2O2/c1-7-10(11(16)15-12(17)14-7)6-8-2-4-9(13)5-3-8/h2-5H,6H2,1H3,(H2,14,15,16,17). The van der Waals surface area contributed by atoms with Crippen LogP contribution in [-0.4, -0.2) is 9.97 Å². The number of halogens is 1. The third-order valence-corrected chi connectivity index (χ3v) is 2.80. The van der Waals surface area contributed by atoms with Gasteiger partial charge in [-0.25, -0.2) is 4.79 Å². The van der Waals surface area contributed by atoms with E-state index in [0.717, 1.165) is 5.56 Å². The van der Waals surface area contributed by atoms with Gasteiger partial charge in [0, 0.05) is 22.7 Å². The molecule has 0 atom stereocenters. The number of aryl methyl sites for hydroxylation is 1. The summed E-state index contributed by atoms with van der Waals surface area (Å²) < 4.78 is 0. The van der Waals surface area contributed by atoms with Gasteiger partial charge in [0.1, 0.15) is 0 Å². The monoisotopic (exact) mass is 250 g/mol. The average Bonchev–Trinajstić information content (AvgIpc) is 2.26. The van der Waals surface area contributed by atoms with Crippen molar-refractivity contribution >= 4 is 11.6 Å². The first-order chi connectivity index (χ1) is 8.06. The highest BCUT2D eigenvalue weighted by Crippen LogP contribution is 2.12. The number of nitrogens with one attached hydrogen (secondary N) is 2. The molecule has 0 aliphatic carbocycles. The molecule has 1 aromatic carbocycles. The first-order valence-corrected chi connectivity index (χ1v) is 5.50. The second kappa shape index (κ2) is 4.59. The van der Waals surface area contributed by atoms with Crippen LogP contribution in [0.4, 0.5) is 0 Å². The molecule has 0 aliphatic heterocycles. The summed E-state index contributed by atoms with van der Waals surface area (Å²) in [5.74, 6) is 0. The number of H-pyrrole nitrogens is 2. The summed E-state index contributed by atoms with van der Waals surface area (Å²) in [6, 6.07) is 7.25. The van der Waals surface area contributed by atoms with Crippen LogP contribution >= 0.6 is 11.6 Å². The smallest absolute Gasteiger partial charge is 0.311 e. The molecule has 4 nitrogen and oxygen atoms in total. The lowest BCUT2D eigenvalue weighted by atomic mass is 10.1. The summed E-state index contributed by atoms with van der Waals surface area (Å²) in [4.78, 5) is 27.5. The Morgan fingerprint density at radius 3 is 2.35 bits per heavy atom. The zero-order chi connectivity index (χ0) is 12.4. The maximum absolute atomic E-state index is 11.6. The molecule has 88 valence electrons. The fourth-order valence-electron chi connectivity index (χ4n) is 1.65. The molecule has 0 aliphatic rings. The zero-order valence-corrected chi connectivity index (χ0v) is 9.97. The van der Waals surface area contributed by atoms with Crippen molar-refractivity contribution in [2.45, 2.75) is 13.3 Å². The van der Waals surface area contributed by atoms with Gasteiger partial charge >= 0.3 is 5.69 Å². The van der Waals surface area contributed by atoms with Gasteiger partial charge in [0.25, 0.3) is 5.56 Å². The fourth-order valence-corrected chi connectivity index (χ4v) is 1.77. The number of aromatic amines is 2. The van der Waals surface area contributed by atoms with Gasteiger partial charge in [-0.05, 0) is 24.6 Å². The Morgan fingerprint density at radius 1 is 1.12 bits per heavy atom. The topological polar surface area (TPSA) is 65.7 Å². The highest BCUT2D eigenvalue weighted by molar-refractivity contribution is 6.30. The van der Waals surface area contributed by atoms with Crippen LogP contribution in [0.3, 0.4) is 0 Å². The van der Waals surface area contributed by atoms with E-state index in [9.17, 15) is 9.59 Å². The van der Waals surface area contributed by atoms with Crippen LogP contribution in [0.15, 0.2) is 33.9 Å². The molecule has 0 saturated heterocycles. The van der Waals surface area contributed by atoms with Gasteiger partial charge in [0.15, 0.2) is 0 Å². The molecule has 1 heterocycles. The predicted molar refractivity (Wildman–Crippen MR) is 66.7 cm³/mol. The number of benzene rings is 1. The van der Waals surface area contributed by atoms with Crippen molar-refractivity contribution in [2.75, 3.05) is 0 Å². The van der Waals surface area contributed by atoms with Crippen molar-refractivity contribution in [1.82, 2.24) is 9.97 Å². The van der Waals surface area contributed by atoms with Crippen molar-refractivity contribution in [3.05, 3.63) is 66.9 Å². The summed E-state index contributed by atoms with van der Waals surface area (Å²) in [6.07, 6.45) is 0.467. The molecule has 0 fully saturated rings. The average molecular weight is 251 g/mol. The first-order valence-electron chi connectivity index (χ1n) is 5.13. The van der Waals surface area contributed by atoms with Gasteiger partial charge in [0.2, 0.25) is 0 Å². The molecular formula is C12H11ClN2O2. The van der Waals surface area contributed by atoms with Crippen molar-refractivity contribution in [1.29, 1.82) is 0 Å². The molecule has 2 aromatic rings. The lowest BCUT2D eigenvalue weighted by Gasteiger charge is -2.04. The SMILES string of the molecule is Cc1[nH]c(=O)[nH]c(=O)c1Cc1ccc(Cl)cc1. The highest BCUT2D eigenvalue weighted by atomic mass is 35.5. The van der Waals surface area contributed by atoms with E-state index in [4.69, 9.17) is 11.6 Å². The van der Waals surface area contributed by atoms with Gasteiger partial charge in [-0.1, -0.05) is 23.7 Å². The van der Waals surface area contributed by atoms with Crippen molar-refractivity contribution in [2.24, 2.45) is 0 Å². The molecule has 0 unspecified atom stereocenters. The number of aromatic nitrogens is 2. The number of rotatable bonds is 2.